The third-order valence-electron chi connectivity index (χ3n) is 6.25. The zero-order valence-corrected chi connectivity index (χ0v) is 22.2. The molecule has 0 spiro atoms. The summed E-state index contributed by atoms with van der Waals surface area (Å²) in [5.74, 6) is 3.30. The Labute approximate surface area is 221 Å². The molecule has 0 amide bonds. The second-order valence-electron chi connectivity index (χ2n) is 8.68. The van der Waals surface area contributed by atoms with Gasteiger partial charge in [-0.15, -0.1) is 13.0 Å². The van der Waals surface area contributed by atoms with Gasteiger partial charge < -0.3 is 0 Å². The van der Waals surface area contributed by atoms with E-state index in [0.29, 0.717) is 5.92 Å². The molecule has 0 radical (unpaired) electrons. The molecule has 0 heteroatoms. The van der Waals surface area contributed by atoms with E-state index in [-0.39, 0.29) is 7.43 Å². The quantitative estimate of drug-likeness (QED) is 0.212. The molecule has 188 valence electrons. The first-order valence-electron chi connectivity index (χ1n) is 12.7. The Balaban J connectivity index is 0.00000211. The van der Waals surface area contributed by atoms with Crippen LogP contribution in [0.3, 0.4) is 0 Å². The molecule has 1 aliphatic rings. The highest BCUT2D eigenvalue weighted by molar-refractivity contribution is 5.99. The number of rotatable bonds is 7. The molecular weight excluding hydrogens is 432 g/mol. The molecule has 0 N–H and O–H groups in total. The van der Waals surface area contributed by atoms with Gasteiger partial charge in [0.2, 0.25) is 0 Å². The summed E-state index contributed by atoms with van der Waals surface area (Å²) in [7, 11) is 0. The van der Waals surface area contributed by atoms with Gasteiger partial charge in [0.1, 0.15) is 0 Å². The first kappa shape index (κ1) is 30.5. The van der Waals surface area contributed by atoms with Crippen molar-refractivity contribution in [3.05, 3.63) is 113 Å². The van der Waals surface area contributed by atoms with Gasteiger partial charge in [0.05, 0.1) is 0 Å². The zero-order valence-electron chi connectivity index (χ0n) is 22.2. The Morgan fingerprint density at radius 3 is 2.44 bits per heavy atom. The summed E-state index contributed by atoms with van der Waals surface area (Å²) in [5, 5.41) is 2.47. The van der Waals surface area contributed by atoms with Gasteiger partial charge in [-0.05, 0) is 100 Å². The molecule has 2 aromatic carbocycles. The van der Waals surface area contributed by atoms with E-state index in [2.05, 4.69) is 95.0 Å². The lowest BCUT2D eigenvalue weighted by atomic mass is 9.81. The van der Waals surface area contributed by atoms with Crippen molar-refractivity contribution in [2.24, 2.45) is 5.92 Å². The Morgan fingerprint density at radius 2 is 1.86 bits per heavy atom. The predicted octanol–water partition coefficient (Wildman–Crippen LogP) is 10.8. The van der Waals surface area contributed by atoms with Crippen molar-refractivity contribution in [3.8, 4) is 12.3 Å². The predicted molar refractivity (Wildman–Crippen MR) is 167 cm³/mol. The molecular formula is C36H44. The summed E-state index contributed by atoms with van der Waals surface area (Å²) in [6, 6.07) is 9.09. The lowest BCUT2D eigenvalue weighted by molar-refractivity contribution is 0.718. The van der Waals surface area contributed by atoms with Crippen LogP contribution in [0.1, 0.15) is 77.1 Å². The Hall–Kier alpha value is -3.56. The third kappa shape index (κ3) is 6.77. The molecule has 0 saturated heterocycles. The SMILES string of the molecule is C.C#C\C1=C\C(C)Cc2ccc3cc(/C=C\CC)c(C=C)cc3c2/C(C)=C1\C=C(\C=C)CC=C.CC. The van der Waals surface area contributed by atoms with Crippen molar-refractivity contribution in [3.63, 3.8) is 0 Å². The van der Waals surface area contributed by atoms with Crippen molar-refractivity contribution in [1.82, 2.24) is 0 Å². The minimum Gasteiger partial charge on any atom is -0.115 e. The van der Waals surface area contributed by atoms with E-state index in [9.17, 15) is 0 Å². The van der Waals surface area contributed by atoms with Crippen LogP contribution in [0.4, 0.5) is 0 Å². The average molecular weight is 477 g/mol. The van der Waals surface area contributed by atoms with Gasteiger partial charge in [-0.3, -0.25) is 0 Å². The maximum absolute atomic E-state index is 6.03. The van der Waals surface area contributed by atoms with Crippen molar-refractivity contribution in [1.29, 1.82) is 0 Å². The van der Waals surface area contributed by atoms with Crippen LogP contribution in [0.5, 0.6) is 0 Å². The van der Waals surface area contributed by atoms with Gasteiger partial charge in [-0.2, -0.15) is 0 Å². The van der Waals surface area contributed by atoms with E-state index in [4.69, 9.17) is 6.42 Å². The van der Waals surface area contributed by atoms with Crippen LogP contribution in [0.2, 0.25) is 0 Å². The number of hydrogen-bond acceptors (Lipinski definition) is 0. The molecule has 0 aromatic heterocycles. The molecule has 1 unspecified atom stereocenters. The standard InChI is InChI=1S/C33H34.C2H6.CH4/c1-8-13-15-28-21-29-16-17-30-19-23(6)18-27(12-5)31(20-25(10-3)14-9-2)24(7)33(30)32(29)22-26(28)11-4;1-2;/h5,9-11,13,15-18,20-23H,2-4,8,14,19H2,1,6-7H3;1-2H3;1H4/b15-13-,25-20-,27-18-,31-24+;;. The summed E-state index contributed by atoms with van der Waals surface area (Å²) in [4.78, 5) is 0. The molecule has 0 fully saturated rings. The van der Waals surface area contributed by atoms with E-state index in [0.717, 1.165) is 41.5 Å². The number of terminal acetylenes is 1. The fourth-order valence-corrected chi connectivity index (χ4v) is 4.61. The highest BCUT2D eigenvalue weighted by Crippen LogP contribution is 2.38. The van der Waals surface area contributed by atoms with Crippen LogP contribution in [-0.4, -0.2) is 0 Å². The molecule has 3 rings (SSSR count). The number of hydrogen-bond donors (Lipinski definition) is 0. The summed E-state index contributed by atoms with van der Waals surface area (Å²) < 4.78 is 0. The topological polar surface area (TPSA) is 0 Å². The van der Waals surface area contributed by atoms with Gasteiger partial charge >= 0.3 is 0 Å². The molecule has 0 nitrogen and oxygen atoms in total. The van der Waals surface area contributed by atoms with E-state index >= 15 is 0 Å². The van der Waals surface area contributed by atoms with E-state index < -0.39 is 0 Å². The van der Waals surface area contributed by atoms with Crippen molar-refractivity contribution in [2.75, 3.05) is 0 Å². The Kier molecular flexibility index (Phi) is 12.5. The van der Waals surface area contributed by atoms with Gasteiger partial charge in [0.25, 0.3) is 0 Å². The third-order valence-corrected chi connectivity index (χ3v) is 6.25. The second-order valence-corrected chi connectivity index (χ2v) is 8.68. The lowest BCUT2D eigenvalue weighted by Gasteiger charge is -2.23. The minimum absolute atomic E-state index is 0. The summed E-state index contributed by atoms with van der Waals surface area (Å²) in [6.07, 6.45) is 23.3. The molecule has 0 bridgehead atoms. The van der Waals surface area contributed by atoms with E-state index in [1.807, 2.05) is 32.1 Å². The van der Waals surface area contributed by atoms with Gasteiger partial charge in [0, 0.05) is 5.57 Å². The van der Waals surface area contributed by atoms with Crippen molar-refractivity contribution in [2.45, 2.75) is 61.3 Å². The maximum Gasteiger partial charge on any atom is 0.0280 e. The Bertz CT molecular complexity index is 1260. The summed E-state index contributed by atoms with van der Waals surface area (Å²) >= 11 is 0. The van der Waals surface area contributed by atoms with E-state index in [1.54, 1.807) is 0 Å². The smallest absolute Gasteiger partial charge is 0.0280 e. The van der Waals surface area contributed by atoms with Crippen LogP contribution in [0.25, 0.3) is 28.5 Å². The first-order chi connectivity index (χ1) is 17.0. The van der Waals surface area contributed by atoms with Gasteiger partial charge in [0.15, 0.2) is 0 Å². The maximum atomic E-state index is 6.03. The van der Waals surface area contributed by atoms with Gasteiger partial charge in [-0.25, -0.2) is 0 Å². The number of fused-ring (bicyclic) bond motifs is 3. The fraction of sp³-hybridized carbons (Fsp3) is 0.278. The monoisotopic (exact) mass is 476 g/mol. The fourth-order valence-electron chi connectivity index (χ4n) is 4.61. The number of allylic oxidation sites excluding steroid dienone is 9. The zero-order chi connectivity index (χ0) is 26.0. The second kappa shape index (κ2) is 14.8. The lowest BCUT2D eigenvalue weighted by Crippen LogP contribution is -2.07. The highest BCUT2D eigenvalue weighted by Gasteiger charge is 2.19. The van der Waals surface area contributed by atoms with Crippen molar-refractivity contribution >= 4 is 28.5 Å². The molecule has 0 heterocycles. The summed E-state index contributed by atoms with van der Waals surface area (Å²) in [5.41, 5.74) is 9.30. The summed E-state index contributed by atoms with van der Waals surface area (Å²) in [6.45, 7) is 22.6. The van der Waals surface area contributed by atoms with E-state index in [1.165, 1.54) is 33.0 Å². The number of benzene rings is 2. The highest BCUT2D eigenvalue weighted by atomic mass is 14.2. The molecule has 0 aliphatic heterocycles. The van der Waals surface area contributed by atoms with Crippen LogP contribution in [-0.2, 0) is 6.42 Å². The Morgan fingerprint density at radius 1 is 1.14 bits per heavy atom. The van der Waals surface area contributed by atoms with Crippen molar-refractivity contribution < 1.29 is 0 Å². The van der Waals surface area contributed by atoms with Crippen LogP contribution >= 0.6 is 0 Å². The van der Waals surface area contributed by atoms with Crippen LogP contribution in [0, 0.1) is 18.3 Å². The van der Waals surface area contributed by atoms with Gasteiger partial charge in [-0.1, -0.05) is 103 Å². The molecule has 2 aromatic rings. The molecule has 0 saturated carbocycles. The largest absolute Gasteiger partial charge is 0.115 e. The molecule has 1 atom stereocenters. The molecule has 1 aliphatic carbocycles. The van der Waals surface area contributed by atoms with Crippen LogP contribution in [0.15, 0.2) is 91.1 Å². The van der Waals surface area contributed by atoms with Crippen LogP contribution < -0.4 is 0 Å². The first-order valence-corrected chi connectivity index (χ1v) is 12.7. The average Bonchev–Trinajstić information content (AvgIpc) is 2.88. The molecule has 36 heavy (non-hydrogen) atoms. The normalized spacial score (nSPS) is 18.8. The minimum atomic E-state index is 0.